The normalized spacial score (nSPS) is 11.6. The molecule has 0 radical (unpaired) electrons. The molecule has 1 aromatic rings. The summed E-state index contributed by atoms with van der Waals surface area (Å²) in [5, 5.41) is 9.23. The maximum Gasteiger partial charge on any atom is 0.118 e. The van der Waals surface area contributed by atoms with Gasteiger partial charge in [0.25, 0.3) is 0 Å². The molecule has 0 aliphatic rings. The van der Waals surface area contributed by atoms with Crippen molar-refractivity contribution in [3.8, 4) is 5.75 Å². The molecule has 0 aromatic heterocycles. The highest BCUT2D eigenvalue weighted by Gasteiger charge is 2.08. The fraction of sp³-hybridized carbons (Fsp3) is 0.308. The molecular formula is C13H16O2. The smallest absolute Gasteiger partial charge is 0.118 e. The first-order valence-corrected chi connectivity index (χ1v) is 4.91. The van der Waals surface area contributed by atoms with Crippen molar-refractivity contribution >= 4 is 0 Å². The minimum absolute atomic E-state index is 0.116. The predicted molar refractivity (Wildman–Crippen MR) is 61.1 cm³/mol. The average Bonchev–Trinajstić information content (AvgIpc) is 2.31. The van der Waals surface area contributed by atoms with Crippen LogP contribution in [-0.2, 0) is 0 Å². The number of aliphatic hydroxyl groups is 1. The molecule has 0 aliphatic carbocycles. The van der Waals surface area contributed by atoms with E-state index < -0.39 is 0 Å². The third-order valence-electron chi connectivity index (χ3n) is 2.35. The highest BCUT2D eigenvalue weighted by atomic mass is 16.5. The number of methoxy groups -OCH3 is 1. The van der Waals surface area contributed by atoms with Gasteiger partial charge in [-0.3, -0.25) is 0 Å². The molecule has 1 aromatic carbocycles. The molecule has 1 rings (SSSR count). The van der Waals surface area contributed by atoms with E-state index in [-0.39, 0.29) is 12.5 Å². The molecule has 0 heterocycles. The molecule has 1 atom stereocenters. The Morgan fingerprint density at radius 2 is 2.13 bits per heavy atom. The average molecular weight is 204 g/mol. The van der Waals surface area contributed by atoms with E-state index in [9.17, 15) is 5.11 Å². The Morgan fingerprint density at radius 3 is 2.60 bits per heavy atom. The first kappa shape index (κ1) is 11.6. The van der Waals surface area contributed by atoms with E-state index in [2.05, 4.69) is 12.3 Å². The van der Waals surface area contributed by atoms with Crippen LogP contribution in [0.1, 0.15) is 17.9 Å². The van der Waals surface area contributed by atoms with Crippen molar-refractivity contribution in [2.75, 3.05) is 13.7 Å². The van der Waals surface area contributed by atoms with Crippen LogP contribution in [0.2, 0.25) is 0 Å². The van der Waals surface area contributed by atoms with Crippen molar-refractivity contribution in [3.05, 3.63) is 48.2 Å². The quantitative estimate of drug-likeness (QED) is 0.747. The molecule has 0 saturated carbocycles. The van der Waals surface area contributed by atoms with E-state index in [4.69, 9.17) is 4.74 Å². The maximum absolute atomic E-state index is 9.23. The second-order valence-electron chi connectivity index (χ2n) is 3.30. The van der Waals surface area contributed by atoms with Crippen LogP contribution in [0.5, 0.6) is 5.75 Å². The molecule has 0 amide bonds. The van der Waals surface area contributed by atoms with Crippen molar-refractivity contribution in [2.45, 2.75) is 12.3 Å². The van der Waals surface area contributed by atoms with Crippen LogP contribution in [0.3, 0.4) is 0 Å². The van der Waals surface area contributed by atoms with E-state index in [1.165, 1.54) is 0 Å². The SMILES string of the molecule is C=C=CCC(CO)c1ccc(OC)cc1. The van der Waals surface area contributed by atoms with E-state index in [1.807, 2.05) is 30.3 Å². The predicted octanol–water partition coefficient (Wildman–Crippen LogP) is 2.50. The second kappa shape index (κ2) is 6.07. The van der Waals surface area contributed by atoms with Crippen LogP contribution in [0, 0.1) is 0 Å². The Hall–Kier alpha value is -1.50. The van der Waals surface area contributed by atoms with Crippen molar-refractivity contribution in [1.29, 1.82) is 0 Å². The summed E-state index contributed by atoms with van der Waals surface area (Å²) in [5.41, 5.74) is 3.82. The standard InChI is InChI=1S/C13H16O2/c1-3-4-5-12(10-14)11-6-8-13(15-2)9-7-11/h4,6-9,12,14H,1,5,10H2,2H3. The molecular weight excluding hydrogens is 188 g/mol. The van der Waals surface area contributed by atoms with E-state index in [1.54, 1.807) is 7.11 Å². The molecule has 15 heavy (non-hydrogen) atoms. The third-order valence-corrected chi connectivity index (χ3v) is 2.35. The number of aliphatic hydroxyl groups excluding tert-OH is 1. The minimum Gasteiger partial charge on any atom is -0.497 e. The number of ether oxygens (including phenoxy) is 1. The number of allylic oxidation sites excluding steroid dienone is 1. The zero-order valence-electron chi connectivity index (χ0n) is 8.94. The number of rotatable bonds is 5. The molecule has 2 nitrogen and oxygen atoms in total. The molecule has 0 saturated heterocycles. The van der Waals surface area contributed by atoms with Crippen LogP contribution >= 0.6 is 0 Å². The number of hydrogen-bond acceptors (Lipinski definition) is 2. The summed E-state index contributed by atoms with van der Waals surface area (Å²) in [6.07, 6.45) is 2.59. The summed E-state index contributed by atoms with van der Waals surface area (Å²) in [5.74, 6) is 0.944. The van der Waals surface area contributed by atoms with E-state index in [0.29, 0.717) is 0 Å². The van der Waals surface area contributed by atoms with Gasteiger partial charge in [-0.25, -0.2) is 0 Å². The van der Waals surface area contributed by atoms with Gasteiger partial charge in [-0.1, -0.05) is 18.7 Å². The lowest BCUT2D eigenvalue weighted by atomic mass is 9.96. The Labute approximate surface area is 90.5 Å². The summed E-state index contributed by atoms with van der Waals surface area (Å²) in [6.45, 7) is 3.64. The zero-order chi connectivity index (χ0) is 11.1. The number of benzene rings is 1. The first-order valence-electron chi connectivity index (χ1n) is 4.91. The Balaban J connectivity index is 2.77. The van der Waals surface area contributed by atoms with Crippen LogP contribution in [0.25, 0.3) is 0 Å². The third kappa shape index (κ3) is 3.28. The lowest BCUT2D eigenvalue weighted by Crippen LogP contribution is -2.02. The fourth-order valence-electron chi connectivity index (χ4n) is 1.42. The van der Waals surface area contributed by atoms with Gasteiger partial charge in [-0.2, -0.15) is 0 Å². The Kier molecular flexibility index (Phi) is 4.69. The molecule has 0 aliphatic heterocycles. The van der Waals surface area contributed by atoms with E-state index in [0.717, 1.165) is 17.7 Å². The summed E-state index contributed by atoms with van der Waals surface area (Å²) in [4.78, 5) is 0. The summed E-state index contributed by atoms with van der Waals surface area (Å²) >= 11 is 0. The van der Waals surface area contributed by atoms with Crippen LogP contribution in [0.4, 0.5) is 0 Å². The summed E-state index contributed by atoms with van der Waals surface area (Å²) in [6, 6.07) is 7.73. The molecule has 0 bridgehead atoms. The first-order chi connectivity index (χ1) is 7.31. The van der Waals surface area contributed by atoms with Gasteiger partial charge in [0.1, 0.15) is 5.75 Å². The molecule has 80 valence electrons. The monoisotopic (exact) mass is 204 g/mol. The Bertz CT molecular complexity index is 334. The van der Waals surface area contributed by atoms with Gasteiger partial charge in [0.05, 0.1) is 13.7 Å². The summed E-state index contributed by atoms with van der Waals surface area (Å²) in [7, 11) is 1.64. The fourth-order valence-corrected chi connectivity index (χ4v) is 1.42. The van der Waals surface area contributed by atoms with Crippen molar-refractivity contribution in [2.24, 2.45) is 0 Å². The summed E-state index contributed by atoms with van der Waals surface area (Å²) < 4.78 is 5.07. The lowest BCUT2D eigenvalue weighted by molar-refractivity contribution is 0.266. The lowest BCUT2D eigenvalue weighted by Gasteiger charge is -2.12. The van der Waals surface area contributed by atoms with Crippen LogP contribution in [-0.4, -0.2) is 18.8 Å². The molecule has 0 fully saturated rings. The number of hydrogen-bond donors (Lipinski definition) is 1. The largest absolute Gasteiger partial charge is 0.497 e. The molecule has 1 unspecified atom stereocenters. The van der Waals surface area contributed by atoms with Gasteiger partial charge >= 0.3 is 0 Å². The molecule has 2 heteroatoms. The topological polar surface area (TPSA) is 29.5 Å². The molecule has 0 spiro atoms. The molecule has 1 N–H and O–H groups in total. The van der Waals surface area contributed by atoms with Crippen LogP contribution in [0.15, 0.2) is 42.7 Å². The zero-order valence-corrected chi connectivity index (χ0v) is 8.94. The van der Waals surface area contributed by atoms with Crippen molar-refractivity contribution in [1.82, 2.24) is 0 Å². The van der Waals surface area contributed by atoms with E-state index >= 15 is 0 Å². The highest BCUT2D eigenvalue weighted by Crippen LogP contribution is 2.22. The maximum atomic E-state index is 9.23. The minimum atomic E-state index is 0.116. The van der Waals surface area contributed by atoms with Crippen molar-refractivity contribution in [3.63, 3.8) is 0 Å². The van der Waals surface area contributed by atoms with Crippen LogP contribution < -0.4 is 4.74 Å². The van der Waals surface area contributed by atoms with Gasteiger partial charge in [-0.15, -0.1) is 5.73 Å². The van der Waals surface area contributed by atoms with Gasteiger partial charge in [-0.05, 0) is 30.2 Å². The van der Waals surface area contributed by atoms with Gasteiger partial charge in [0.2, 0.25) is 0 Å². The van der Waals surface area contributed by atoms with Crippen molar-refractivity contribution < 1.29 is 9.84 Å². The highest BCUT2D eigenvalue weighted by molar-refractivity contribution is 5.29. The Morgan fingerprint density at radius 1 is 1.47 bits per heavy atom. The second-order valence-corrected chi connectivity index (χ2v) is 3.30. The van der Waals surface area contributed by atoms with Gasteiger partial charge < -0.3 is 9.84 Å². The van der Waals surface area contributed by atoms with Gasteiger partial charge in [0.15, 0.2) is 0 Å². The van der Waals surface area contributed by atoms with Gasteiger partial charge in [0, 0.05) is 5.92 Å².